The summed E-state index contributed by atoms with van der Waals surface area (Å²) in [5.74, 6) is 1.29. The van der Waals surface area contributed by atoms with Crippen LogP contribution in [0, 0.1) is 0 Å². The van der Waals surface area contributed by atoms with E-state index >= 15 is 0 Å². The van der Waals surface area contributed by atoms with E-state index in [0.29, 0.717) is 12.5 Å². The van der Waals surface area contributed by atoms with E-state index in [1.807, 2.05) is 11.7 Å². The van der Waals surface area contributed by atoms with Gasteiger partial charge < -0.3 is 9.30 Å². The van der Waals surface area contributed by atoms with Gasteiger partial charge in [-0.05, 0) is 6.42 Å². The maximum atomic E-state index is 5.97. The number of aromatic nitrogens is 4. The predicted octanol–water partition coefficient (Wildman–Crippen LogP) is 2.11. The molecule has 0 atom stereocenters. The first-order valence-corrected chi connectivity index (χ1v) is 6.72. The summed E-state index contributed by atoms with van der Waals surface area (Å²) < 4.78 is 9.12. The molecule has 0 aliphatic rings. The third-order valence-electron chi connectivity index (χ3n) is 3.00. The van der Waals surface area contributed by atoms with Crippen molar-refractivity contribution in [2.24, 2.45) is 7.05 Å². The number of methoxy groups -OCH3 is 1. The number of imidazole rings is 1. The van der Waals surface area contributed by atoms with E-state index in [4.69, 9.17) is 16.3 Å². The lowest BCUT2D eigenvalue weighted by Crippen LogP contribution is -2.10. The Bertz CT molecular complexity index is 532. The average Bonchev–Trinajstić information content (AvgIpc) is 2.86. The Morgan fingerprint density at radius 2 is 2.17 bits per heavy atom. The third kappa shape index (κ3) is 2.24. The molecule has 5 nitrogen and oxygen atoms in total. The first kappa shape index (κ1) is 13.4. The molecule has 0 saturated carbocycles. The highest BCUT2D eigenvalue weighted by atomic mass is 35.5. The van der Waals surface area contributed by atoms with Gasteiger partial charge in [-0.1, -0.05) is 13.3 Å². The van der Waals surface area contributed by atoms with E-state index < -0.39 is 0 Å². The average molecular weight is 271 g/mol. The zero-order valence-corrected chi connectivity index (χ0v) is 11.9. The van der Waals surface area contributed by atoms with Crippen LogP contribution in [0.2, 0.25) is 0 Å². The van der Waals surface area contributed by atoms with Crippen molar-refractivity contribution in [3.63, 3.8) is 0 Å². The second-order valence-electron chi connectivity index (χ2n) is 4.30. The minimum absolute atomic E-state index is 0.407. The van der Waals surface area contributed by atoms with Crippen LogP contribution in [0.4, 0.5) is 0 Å². The van der Waals surface area contributed by atoms with Gasteiger partial charge in [-0.3, -0.25) is 4.68 Å². The molecule has 0 amide bonds. The molecule has 18 heavy (non-hydrogen) atoms. The van der Waals surface area contributed by atoms with Crippen molar-refractivity contribution in [2.45, 2.75) is 32.2 Å². The molecular weight excluding hydrogens is 252 g/mol. The van der Waals surface area contributed by atoms with Gasteiger partial charge >= 0.3 is 0 Å². The summed E-state index contributed by atoms with van der Waals surface area (Å²) in [6.45, 7) is 3.54. The molecule has 0 aliphatic carbocycles. The fourth-order valence-electron chi connectivity index (χ4n) is 2.21. The standard InChI is InChI=1S/C12H19ClN4O/c1-4-5-9-11-12(16(2)15-9)17(6-7-18-3)10(8-13)14-11/h4-8H2,1-3H3. The van der Waals surface area contributed by atoms with Gasteiger partial charge in [0, 0.05) is 20.7 Å². The highest BCUT2D eigenvalue weighted by Crippen LogP contribution is 2.21. The molecular formula is C12H19ClN4O. The van der Waals surface area contributed by atoms with Gasteiger partial charge in [0.1, 0.15) is 11.3 Å². The maximum absolute atomic E-state index is 5.97. The van der Waals surface area contributed by atoms with Crippen LogP contribution in [0.5, 0.6) is 0 Å². The fraction of sp³-hybridized carbons (Fsp3) is 0.667. The third-order valence-corrected chi connectivity index (χ3v) is 3.23. The van der Waals surface area contributed by atoms with Gasteiger partial charge in [-0.2, -0.15) is 5.10 Å². The van der Waals surface area contributed by atoms with Crippen LogP contribution in [0.15, 0.2) is 0 Å². The number of ether oxygens (including phenoxy) is 1. The van der Waals surface area contributed by atoms with Crippen LogP contribution in [0.25, 0.3) is 11.2 Å². The number of nitrogens with zero attached hydrogens (tertiary/aromatic N) is 4. The van der Waals surface area contributed by atoms with Gasteiger partial charge in [0.25, 0.3) is 0 Å². The van der Waals surface area contributed by atoms with Crippen LogP contribution < -0.4 is 0 Å². The Morgan fingerprint density at radius 3 is 2.78 bits per heavy atom. The molecule has 2 heterocycles. The molecule has 0 aromatic carbocycles. The number of hydrogen-bond donors (Lipinski definition) is 0. The van der Waals surface area contributed by atoms with Crippen molar-refractivity contribution in [1.82, 2.24) is 19.3 Å². The summed E-state index contributed by atoms with van der Waals surface area (Å²) in [7, 11) is 3.64. The Morgan fingerprint density at radius 1 is 1.39 bits per heavy atom. The van der Waals surface area contributed by atoms with Gasteiger partial charge in [0.15, 0.2) is 5.65 Å². The van der Waals surface area contributed by atoms with Crippen molar-refractivity contribution in [3.8, 4) is 0 Å². The molecule has 100 valence electrons. The van der Waals surface area contributed by atoms with E-state index in [0.717, 1.165) is 42.1 Å². The van der Waals surface area contributed by atoms with Gasteiger partial charge in [-0.25, -0.2) is 4.98 Å². The fourth-order valence-corrected chi connectivity index (χ4v) is 2.42. The lowest BCUT2D eigenvalue weighted by Gasteiger charge is -2.06. The lowest BCUT2D eigenvalue weighted by atomic mass is 10.2. The second-order valence-corrected chi connectivity index (χ2v) is 4.57. The SMILES string of the molecule is CCCc1nn(C)c2c1nc(CCl)n2CCOC. The van der Waals surface area contributed by atoms with Crippen molar-refractivity contribution in [3.05, 3.63) is 11.5 Å². The molecule has 0 aliphatic heterocycles. The maximum Gasteiger partial charge on any atom is 0.158 e. The number of alkyl halides is 1. The summed E-state index contributed by atoms with van der Waals surface area (Å²) in [6.07, 6.45) is 2.01. The molecule has 0 fully saturated rings. The summed E-state index contributed by atoms with van der Waals surface area (Å²) in [6, 6.07) is 0. The largest absolute Gasteiger partial charge is 0.383 e. The molecule has 0 unspecified atom stereocenters. The molecule has 2 aromatic heterocycles. The zero-order chi connectivity index (χ0) is 13.1. The quantitative estimate of drug-likeness (QED) is 0.755. The van der Waals surface area contributed by atoms with Gasteiger partial charge in [-0.15, -0.1) is 11.6 Å². The Hall–Kier alpha value is -1.07. The second kappa shape index (κ2) is 5.71. The van der Waals surface area contributed by atoms with Crippen molar-refractivity contribution in [1.29, 1.82) is 0 Å². The minimum Gasteiger partial charge on any atom is -0.383 e. The van der Waals surface area contributed by atoms with Crippen LogP contribution in [-0.2, 0) is 30.6 Å². The minimum atomic E-state index is 0.407. The van der Waals surface area contributed by atoms with Crippen molar-refractivity contribution >= 4 is 22.8 Å². The predicted molar refractivity (Wildman–Crippen MR) is 71.9 cm³/mol. The number of halogens is 1. The smallest absolute Gasteiger partial charge is 0.158 e. The van der Waals surface area contributed by atoms with Crippen LogP contribution >= 0.6 is 11.6 Å². The summed E-state index contributed by atoms with van der Waals surface area (Å²) in [5.41, 5.74) is 3.06. The highest BCUT2D eigenvalue weighted by Gasteiger charge is 2.17. The van der Waals surface area contributed by atoms with E-state index in [2.05, 4.69) is 21.6 Å². The van der Waals surface area contributed by atoms with Gasteiger partial charge in [0.2, 0.25) is 0 Å². The van der Waals surface area contributed by atoms with E-state index in [-0.39, 0.29) is 0 Å². The van der Waals surface area contributed by atoms with Crippen molar-refractivity contribution < 1.29 is 4.74 Å². The van der Waals surface area contributed by atoms with Crippen LogP contribution in [0.3, 0.4) is 0 Å². The molecule has 2 rings (SSSR count). The van der Waals surface area contributed by atoms with E-state index in [9.17, 15) is 0 Å². The normalized spacial score (nSPS) is 11.6. The van der Waals surface area contributed by atoms with E-state index in [1.54, 1.807) is 7.11 Å². The monoisotopic (exact) mass is 270 g/mol. The molecule has 0 bridgehead atoms. The highest BCUT2D eigenvalue weighted by molar-refractivity contribution is 6.16. The summed E-state index contributed by atoms with van der Waals surface area (Å²) in [4.78, 5) is 4.62. The molecule has 0 radical (unpaired) electrons. The molecule has 0 saturated heterocycles. The Kier molecular flexibility index (Phi) is 4.24. The molecule has 6 heteroatoms. The zero-order valence-electron chi connectivity index (χ0n) is 11.1. The number of rotatable bonds is 6. The Balaban J connectivity index is 2.52. The topological polar surface area (TPSA) is 44.9 Å². The Labute approximate surface area is 112 Å². The van der Waals surface area contributed by atoms with Gasteiger partial charge in [0.05, 0.1) is 18.2 Å². The van der Waals surface area contributed by atoms with Crippen molar-refractivity contribution in [2.75, 3.05) is 13.7 Å². The first-order chi connectivity index (χ1) is 8.72. The number of aryl methyl sites for hydroxylation is 2. The lowest BCUT2D eigenvalue weighted by molar-refractivity contribution is 0.187. The molecule has 0 spiro atoms. The molecule has 2 aromatic rings. The van der Waals surface area contributed by atoms with Crippen LogP contribution in [0.1, 0.15) is 24.9 Å². The number of hydrogen-bond acceptors (Lipinski definition) is 3. The molecule has 0 N–H and O–H groups in total. The number of fused-ring (bicyclic) bond motifs is 1. The summed E-state index contributed by atoms with van der Waals surface area (Å²) in [5, 5.41) is 4.53. The summed E-state index contributed by atoms with van der Waals surface area (Å²) >= 11 is 5.97. The van der Waals surface area contributed by atoms with Crippen LogP contribution in [-0.4, -0.2) is 33.0 Å². The van der Waals surface area contributed by atoms with E-state index in [1.165, 1.54) is 0 Å². The first-order valence-electron chi connectivity index (χ1n) is 6.18.